The highest BCUT2D eigenvalue weighted by Crippen LogP contribution is 2.32. The van der Waals surface area contributed by atoms with E-state index >= 15 is 0 Å². The van der Waals surface area contributed by atoms with E-state index in [1.54, 1.807) is 25.3 Å². The average molecular weight is 370 g/mol. The number of carbonyl (C=O) groups is 2. The Bertz CT molecular complexity index is 762. The summed E-state index contributed by atoms with van der Waals surface area (Å²) < 4.78 is 10.5. The number of anilines is 1. The molecule has 2 rings (SSSR count). The summed E-state index contributed by atoms with van der Waals surface area (Å²) in [4.78, 5) is 25.8. The second-order valence-corrected chi connectivity index (χ2v) is 6.08. The van der Waals surface area contributed by atoms with Gasteiger partial charge in [-0.1, -0.05) is 30.3 Å². The lowest BCUT2D eigenvalue weighted by atomic mass is 10.1. The Labute approximate surface area is 160 Å². The number of amides is 2. The van der Waals surface area contributed by atoms with Crippen molar-refractivity contribution in [3.63, 3.8) is 0 Å². The Morgan fingerprint density at radius 1 is 1.04 bits per heavy atom. The predicted octanol–water partition coefficient (Wildman–Crippen LogP) is 2.81. The lowest BCUT2D eigenvalue weighted by Gasteiger charge is -2.23. The van der Waals surface area contributed by atoms with Gasteiger partial charge in [0.25, 0.3) is 0 Å². The zero-order valence-electron chi connectivity index (χ0n) is 16.0. The van der Waals surface area contributed by atoms with E-state index in [1.807, 2.05) is 18.2 Å². The van der Waals surface area contributed by atoms with Crippen LogP contribution in [0.1, 0.15) is 18.9 Å². The van der Waals surface area contributed by atoms with Crippen molar-refractivity contribution in [1.82, 2.24) is 5.32 Å². The van der Waals surface area contributed by atoms with E-state index < -0.39 is 0 Å². The van der Waals surface area contributed by atoms with E-state index in [0.717, 1.165) is 12.8 Å². The highest BCUT2D eigenvalue weighted by Gasteiger charge is 2.19. The Morgan fingerprint density at radius 3 is 2.41 bits per heavy atom. The fraction of sp³-hybridized carbons (Fsp3) is 0.333. The SMILES string of the molecule is COc1ccc(N(CC(=O)NCCCc2ccccc2)C(C)=O)c(OC)c1. The molecule has 0 unspecified atom stereocenters. The van der Waals surface area contributed by atoms with E-state index in [2.05, 4.69) is 17.4 Å². The average Bonchev–Trinajstić information content (AvgIpc) is 2.69. The van der Waals surface area contributed by atoms with Crippen LogP contribution in [0.5, 0.6) is 11.5 Å². The number of nitrogens with one attached hydrogen (secondary N) is 1. The van der Waals surface area contributed by atoms with Gasteiger partial charge in [0.05, 0.1) is 19.9 Å². The first-order chi connectivity index (χ1) is 13.0. The molecule has 0 saturated heterocycles. The molecule has 2 aromatic rings. The third kappa shape index (κ3) is 6.02. The van der Waals surface area contributed by atoms with Gasteiger partial charge in [0.2, 0.25) is 11.8 Å². The fourth-order valence-electron chi connectivity index (χ4n) is 2.74. The molecule has 27 heavy (non-hydrogen) atoms. The summed E-state index contributed by atoms with van der Waals surface area (Å²) in [5, 5.41) is 2.87. The maximum Gasteiger partial charge on any atom is 0.240 e. The topological polar surface area (TPSA) is 67.9 Å². The molecule has 0 aliphatic heterocycles. The van der Waals surface area contributed by atoms with Crippen molar-refractivity contribution < 1.29 is 19.1 Å². The normalized spacial score (nSPS) is 10.2. The summed E-state index contributed by atoms with van der Waals surface area (Å²) in [6.45, 7) is 1.91. The highest BCUT2D eigenvalue weighted by molar-refractivity contribution is 5.98. The first-order valence-corrected chi connectivity index (χ1v) is 8.86. The monoisotopic (exact) mass is 370 g/mol. The third-order valence-corrected chi connectivity index (χ3v) is 4.17. The summed E-state index contributed by atoms with van der Waals surface area (Å²) in [6, 6.07) is 15.2. The molecule has 0 heterocycles. The van der Waals surface area contributed by atoms with Crippen molar-refractivity contribution in [3.05, 3.63) is 54.1 Å². The zero-order valence-corrected chi connectivity index (χ0v) is 16.0. The van der Waals surface area contributed by atoms with Gasteiger partial charge in [-0.15, -0.1) is 0 Å². The van der Waals surface area contributed by atoms with Gasteiger partial charge in [-0.3, -0.25) is 14.5 Å². The summed E-state index contributed by atoms with van der Waals surface area (Å²) in [5.74, 6) is 0.639. The number of hydrogen-bond acceptors (Lipinski definition) is 4. The Hall–Kier alpha value is -3.02. The molecule has 0 spiro atoms. The van der Waals surface area contributed by atoms with Crippen molar-refractivity contribution in [2.75, 3.05) is 32.2 Å². The highest BCUT2D eigenvalue weighted by atomic mass is 16.5. The molecule has 0 radical (unpaired) electrons. The van der Waals surface area contributed by atoms with Crippen LogP contribution in [0.25, 0.3) is 0 Å². The summed E-state index contributed by atoms with van der Waals surface area (Å²) in [7, 11) is 3.07. The van der Waals surface area contributed by atoms with Gasteiger partial charge in [-0.05, 0) is 30.5 Å². The molecule has 2 aromatic carbocycles. The molecule has 0 aromatic heterocycles. The summed E-state index contributed by atoms with van der Waals surface area (Å²) in [6.07, 6.45) is 1.73. The van der Waals surface area contributed by atoms with Crippen LogP contribution in [0.15, 0.2) is 48.5 Å². The molecule has 0 saturated carbocycles. The minimum absolute atomic E-state index is 0.0661. The zero-order chi connectivity index (χ0) is 19.6. The third-order valence-electron chi connectivity index (χ3n) is 4.17. The molecule has 1 N–H and O–H groups in total. The number of aryl methyl sites for hydroxylation is 1. The molecule has 0 bridgehead atoms. The van der Waals surface area contributed by atoms with Gasteiger partial charge < -0.3 is 14.8 Å². The van der Waals surface area contributed by atoms with Crippen LogP contribution in [-0.2, 0) is 16.0 Å². The van der Waals surface area contributed by atoms with Crippen LogP contribution >= 0.6 is 0 Å². The van der Waals surface area contributed by atoms with E-state index in [4.69, 9.17) is 9.47 Å². The van der Waals surface area contributed by atoms with Crippen molar-refractivity contribution in [2.45, 2.75) is 19.8 Å². The van der Waals surface area contributed by atoms with E-state index in [0.29, 0.717) is 23.7 Å². The van der Waals surface area contributed by atoms with Crippen LogP contribution in [0.4, 0.5) is 5.69 Å². The molecule has 0 atom stereocenters. The van der Waals surface area contributed by atoms with Crippen molar-refractivity contribution in [2.24, 2.45) is 0 Å². The number of ether oxygens (including phenoxy) is 2. The number of carbonyl (C=O) groups excluding carboxylic acids is 2. The number of hydrogen-bond donors (Lipinski definition) is 1. The van der Waals surface area contributed by atoms with Crippen LogP contribution in [0.2, 0.25) is 0 Å². The maximum absolute atomic E-state index is 12.3. The molecule has 144 valence electrons. The van der Waals surface area contributed by atoms with Crippen LogP contribution in [-0.4, -0.2) is 39.1 Å². The molecule has 0 fully saturated rings. The van der Waals surface area contributed by atoms with Crippen molar-refractivity contribution >= 4 is 17.5 Å². The first-order valence-electron chi connectivity index (χ1n) is 8.86. The van der Waals surface area contributed by atoms with E-state index in [9.17, 15) is 9.59 Å². The Kier molecular flexibility index (Phi) is 7.67. The largest absolute Gasteiger partial charge is 0.497 e. The van der Waals surface area contributed by atoms with E-state index in [-0.39, 0.29) is 18.4 Å². The summed E-state index contributed by atoms with van der Waals surface area (Å²) >= 11 is 0. The maximum atomic E-state index is 12.3. The quantitative estimate of drug-likeness (QED) is 0.689. The minimum atomic E-state index is -0.238. The van der Waals surface area contributed by atoms with Crippen molar-refractivity contribution in [3.8, 4) is 11.5 Å². The Morgan fingerprint density at radius 2 is 1.78 bits per heavy atom. The van der Waals surface area contributed by atoms with Crippen molar-refractivity contribution in [1.29, 1.82) is 0 Å². The molecular weight excluding hydrogens is 344 g/mol. The molecule has 6 heteroatoms. The second-order valence-electron chi connectivity index (χ2n) is 6.08. The standard InChI is InChI=1S/C21H26N2O4/c1-16(24)23(19-12-11-18(26-2)14-20(19)27-3)15-21(25)22-13-7-10-17-8-5-4-6-9-17/h4-6,8-9,11-12,14H,7,10,13,15H2,1-3H3,(H,22,25). The smallest absolute Gasteiger partial charge is 0.240 e. The molecule has 2 amide bonds. The lowest BCUT2D eigenvalue weighted by Crippen LogP contribution is -2.40. The Balaban J connectivity index is 1.93. The lowest BCUT2D eigenvalue weighted by molar-refractivity contribution is -0.123. The number of rotatable bonds is 9. The molecule has 6 nitrogen and oxygen atoms in total. The van der Waals surface area contributed by atoms with Gasteiger partial charge in [0.15, 0.2) is 0 Å². The minimum Gasteiger partial charge on any atom is -0.497 e. The van der Waals surface area contributed by atoms with Gasteiger partial charge in [0, 0.05) is 19.5 Å². The number of methoxy groups -OCH3 is 2. The second kappa shape index (κ2) is 10.2. The van der Waals surface area contributed by atoms with Crippen LogP contribution < -0.4 is 19.7 Å². The van der Waals surface area contributed by atoms with Crippen LogP contribution in [0, 0.1) is 0 Å². The van der Waals surface area contributed by atoms with Gasteiger partial charge in [0.1, 0.15) is 18.0 Å². The number of nitrogens with zero attached hydrogens (tertiary/aromatic N) is 1. The molecule has 0 aliphatic rings. The van der Waals surface area contributed by atoms with E-state index in [1.165, 1.54) is 24.5 Å². The van der Waals surface area contributed by atoms with Gasteiger partial charge >= 0.3 is 0 Å². The van der Waals surface area contributed by atoms with Gasteiger partial charge in [-0.25, -0.2) is 0 Å². The number of benzene rings is 2. The van der Waals surface area contributed by atoms with Gasteiger partial charge in [-0.2, -0.15) is 0 Å². The molecule has 0 aliphatic carbocycles. The van der Waals surface area contributed by atoms with Crippen LogP contribution in [0.3, 0.4) is 0 Å². The summed E-state index contributed by atoms with van der Waals surface area (Å²) in [5.41, 5.74) is 1.77. The molecular formula is C21H26N2O4. The predicted molar refractivity (Wildman–Crippen MR) is 105 cm³/mol. The fourth-order valence-corrected chi connectivity index (χ4v) is 2.74. The first kappa shape index (κ1) is 20.3.